The summed E-state index contributed by atoms with van der Waals surface area (Å²) < 4.78 is 11.1. The number of nitrogens with zero attached hydrogens (tertiary/aromatic N) is 1. The second-order valence-corrected chi connectivity index (χ2v) is 6.19. The van der Waals surface area contributed by atoms with Crippen LogP contribution >= 0.6 is 0 Å². The lowest BCUT2D eigenvalue weighted by atomic mass is 10.0. The van der Waals surface area contributed by atoms with Crippen molar-refractivity contribution in [1.82, 2.24) is 4.90 Å². The molecule has 4 rings (SSSR count). The Morgan fingerprint density at radius 1 is 1.04 bits per heavy atom. The lowest BCUT2D eigenvalue weighted by molar-refractivity contribution is -0.123. The van der Waals surface area contributed by atoms with Crippen LogP contribution in [0.25, 0.3) is 28.0 Å². The molecule has 1 aromatic heterocycles. The Morgan fingerprint density at radius 3 is 2.52 bits per heavy atom. The molecule has 25 heavy (non-hydrogen) atoms. The first-order valence-corrected chi connectivity index (χ1v) is 8.17. The van der Waals surface area contributed by atoms with Crippen molar-refractivity contribution >= 4 is 40.0 Å². The first-order valence-electron chi connectivity index (χ1n) is 8.17. The molecule has 2 aromatic carbocycles. The predicted octanol–water partition coefficient (Wildman–Crippen LogP) is 4.54. The molecule has 0 N–H and O–H groups in total. The Labute approximate surface area is 144 Å². The molecular formula is C20H17NO4. The molecule has 0 saturated carbocycles. The van der Waals surface area contributed by atoms with Gasteiger partial charge in [-0.3, -0.25) is 4.79 Å². The average Bonchev–Trinajstić information content (AvgIpc) is 3.07. The predicted molar refractivity (Wildman–Crippen MR) is 95.0 cm³/mol. The summed E-state index contributed by atoms with van der Waals surface area (Å²) in [6, 6.07) is 9.90. The van der Waals surface area contributed by atoms with Crippen LogP contribution in [0.15, 0.2) is 40.5 Å². The third-order valence-electron chi connectivity index (χ3n) is 4.49. The van der Waals surface area contributed by atoms with E-state index in [-0.39, 0.29) is 5.76 Å². The quantitative estimate of drug-likeness (QED) is 0.645. The van der Waals surface area contributed by atoms with Gasteiger partial charge in [-0.1, -0.05) is 18.2 Å². The molecule has 2 amide bonds. The number of hydrogen-bond acceptors (Lipinski definition) is 4. The van der Waals surface area contributed by atoms with Gasteiger partial charge in [-0.05, 0) is 55.7 Å². The van der Waals surface area contributed by atoms with Gasteiger partial charge >= 0.3 is 6.09 Å². The van der Waals surface area contributed by atoms with Crippen LogP contribution in [-0.2, 0) is 9.53 Å². The van der Waals surface area contributed by atoms with Crippen LogP contribution in [0.1, 0.15) is 23.6 Å². The molecule has 0 spiro atoms. The fourth-order valence-electron chi connectivity index (χ4n) is 3.25. The van der Waals surface area contributed by atoms with E-state index in [9.17, 15) is 9.59 Å². The number of ether oxygens (including phenoxy) is 1. The largest absolute Gasteiger partial charge is 0.456 e. The van der Waals surface area contributed by atoms with Gasteiger partial charge in [0.2, 0.25) is 0 Å². The standard InChI is InChI=1S/C20H17NO4/c1-4-21-19(22)16(24-20(21)23)10-13-8-12(3)18-15(9-13)14-7-5-6-11(2)17(14)25-18/h5-10H,4H2,1-3H3. The molecule has 2 heterocycles. The number of rotatable bonds is 2. The van der Waals surface area contributed by atoms with Gasteiger partial charge in [-0.25, -0.2) is 9.69 Å². The van der Waals surface area contributed by atoms with E-state index >= 15 is 0 Å². The van der Waals surface area contributed by atoms with Crippen LogP contribution in [0.2, 0.25) is 0 Å². The average molecular weight is 335 g/mol. The first kappa shape index (κ1) is 15.4. The van der Waals surface area contributed by atoms with Crippen molar-refractivity contribution in [2.45, 2.75) is 20.8 Å². The van der Waals surface area contributed by atoms with Crippen molar-refractivity contribution in [2.75, 3.05) is 6.54 Å². The van der Waals surface area contributed by atoms with Crippen molar-refractivity contribution in [3.8, 4) is 0 Å². The van der Waals surface area contributed by atoms with Gasteiger partial charge in [0.05, 0.1) is 0 Å². The van der Waals surface area contributed by atoms with Crippen LogP contribution in [0.5, 0.6) is 0 Å². The van der Waals surface area contributed by atoms with Gasteiger partial charge in [-0.15, -0.1) is 0 Å². The Balaban J connectivity index is 1.88. The zero-order chi connectivity index (χ0) is 17.7. The summed E-state index contributed by atoms with van der Waals surface area (Å²) in [5.74, 6) is -0.354. The number of cyclic esters (lactones) is 1. The Bertz CT molecular complexity index is 1070. The number of likely N-dealkylation sites (N-methyl/N-ethyl adjacent to an activating group) is 1. The second kappa shape index (κ2) is 5.48. The number of imide groups is 1. The zero-order valence-corrected chi connectivity index (χ0v) is 14.3. The second-order valence-electron chi connectivity index (χ2n) is 6.19. The lowest BCUT2D eigenvalue weighted by Crippen LogP contribution is -2.28. The minimum Gasteiger partial charge on any atom is -0.456 e. The van der Waals surface area contributed by atoms with E-state index in [1.807, 2.05) is 44.2 Å². The van der Waals surface area contributed by atoms with Crippen molar-refractivity contribution in [2.24, 2.45) is 0 Å². The van der Waals surface area contributed by atoms with Gasteiger partial charge in [0.15, 0.2) is 5.76 Å². The van der Waals surface area contributed by atoms with Crippen LogP contribution in [0, 0.1) is 13.8 Å². The third-order valence-corrected chi connectivity index (χ3v) is 4.49. The van der Waals surface area contributed by atoms with Crippen molar-refractivity contribution in [3.63, 3.8) is 0 Å². The molecule has 0 aliphatic carbocycles. The summed E-state index contributed by atoms with van der Waals surface area (Å²) in [6.07, 6.45) is 0.984. The Kier molecular flexibility index (Phi) is 3.39. The number of carbonyl (C=O) groups excluding carboxylic acids is 2. The number of aryl methyl sites for hydroxylation is 2. The fourth-order valence-corrected chi connectivity index (χ4v) is 3.25. The summed E-state index contributed by atoms with van der Waals surface area (Å²) in [5, 5.41) is 2.01. The topological polar surface area (TPSA) is 59.8 Å². The molecule has 0 bridgehead atoms. The summed E-state index contributed by atoms with van der Waals surface area (Å²) in [7, 11) is 0. The van der Waals surface area contributed by atoms with E-state index in [0.29, 0.717) is 6.54 Å². The molecule has 0 radical (unpaired) electrons. The molecule has 3 aromatic rings. The molecule has 0 atom stereocenters. The number of carbonyl (C=O) groups is 2. The van der Waals surface area contributed by atoms with Crippen LogP contribution in [-0.4, -0.2) is 23.4 Å². The molecule has 1 aliphatic rings. The molecule has 1 saturated heterocycles. The molecule has 1 fully saturated rings. The zero-order valence-electron chi connectivity index (χ0n) is 14.3. The molecule has 0 unspecified atom stereocenters. The van der Waals surface area contributed by atoms with E-state index in [1.54, 1.807) is 13.0 Å². The lowest BCUT2D eigenvalue weighted by Gasteiger charge is -2.03. The van der Waals surface area contributed by atoms with Crippen molar-refractivity contribution in [1.29, 1.82) is 0 Å². The van der Waals surface area contributed by atoms with Gasteiger partial charge < -0.3 is 9.15 Å². The number of furan rings is 1. The number of benzene rings is 2. The highest BCUT2D eigenvalue weighted by Crippen LogP contribution is 2.34. The van der Waals surface area contributed by atoms with E-state index in [0.717, 1.165) is 43.5 Å². The smallest absolute Gasteiger partial charge is 0.422 e. The minimum atomic E-state index is -0.624. The third kappa shape index (κ3) is 2.31. The van der Waals surface area contributed by atoms with Gasteiger partial charge in [0.25, 0.3) is 5.91 Å². The highest BCUT2D eigenvalue weighted by atomic mass is 16.6. The summed E-state index contributed by atoms with van der Waals surface area (Å²) >= 11 is 0. The SMILES string of the molecule is CCN1C(=O)OC(=Cc2cc(C)c3oc4c(C)cccc4c3c2)C1=O. The maximum Gasteiger partial charge on any atom is 0.422 e. The maximum atomic E-state index is 12.2. The van der Waals surface area contributed by atoms with E-state index in [1.165, 1.54) is 0 Å². The highest BCUT2D eigenvalue weighted by molar-refractivity contribution is 6.11. The van der Waals surface area contributed by atoms with Crippen LogP contribution < -0.4 is 0 Å². The number of fused-ring (bicyclic) bond motifs is 3. The van der Waals surface area contributed by atoms with Crippen LogP contribution in [0.4, 0.5) is 4.79 Å². The van der Waals surface area contributed by atoms with Gasteiger partial charge in [-0.2, -0.15) is 0 Å². The maximum absolute atomic E-state index is 12.2. The van der Waals surface area contributed by atoms with E-state index in [4.69, 9.17) is 9.15 Å². The first-order chi connectivity index (χ1) is 12.0. The summed E-state index contributed by atoms with van der Waals surface area (Å²) in [6.45, 7) is 6.00. The van der Waals surface area contributed by atoms with Gasteiger partial charge in [0.1, 0.15) is 11.2 Å². The number of amides is 2. The van der Waals surface area contributed by atoms with Crippen molar-refractivity contribution < 1.29 is 18.7 Å². The van der Waals surface area contributed by atoms with Crippen molar-refractivity contribution in [3.05, 3.63) is 52.8 Å². The van der Waals surface area contributed by atoms with E-state index in [2.05, 4.69) is 0 Å². The highest BCUT2D eigenvalue weighted by Gasteiger charge is 2.35. The van der Waals surface area contributed by atoms with E-state index < -0.39 is 12.0 Å². The summed E-state index contributed by atoms with van der Waals surface area (Å²) in [5.41, 5.74) is 4.53. The number of hydrogen-bond donors (Lipinski definition) is 0. The molecule has 5 heteroatoms. The summed E-state index contributed by atoms with van der Waals surface area (Å²) in [4.78, 5) is 25.0. The number of para-hydroxylation sites is 1. The Morgan fingerprint density at radius 2 is 1.80 bits per heavy atom. The molecule has 1 aliphatic heterocycles. The monoisotopic (exact) mass is 335 g/mol. The fraction of sp³-hybridized carbons (Fsp3) is 0.200. The molecule has 126 valence electrons. The normalized spacial score (nSPS) is 16.4. The Hall–Kier alpha value is -3.08. The van der Waals surface area contributed by atoms with Crippen LogP contribution in [0.3, 0.4) is 0 Å². The molecule has 5 nitrogen and oxygen atoms in total. The molecular weight excluding hydrogens is 318 g/mol. The van der Waals surface area contributed by atoms with Gasteiger partial charge in [0, 0.05) is 17.3 Å². The minimum absolute atomic E-state index is 0.0505.